The summed E-state index contributed by atoms with van der Waals surface area (Å²) in [7, 11) is 0. The monoisotopic (exact) mass is 281 g/mol. The number of phenols is 1. The van der Waals surface area contributed by atoms with Gasteiger partial charge in [0.05, 0.1) is 5.69 Å². The first-order valence-electron chi connectivity index (χ1n) is 5.03. The first kappa shape index (κ1) is 11.2. The van der Waals surface area contributed by atoms with Crippen LogP contribution in [0.25, 0.3) is 0 Å². The van der Waals surface area contributed by atoms with Gasteiger partial charge >= 0.3 is 0 Å². The van der Waals surface area contributed by atoms with Gasteiger partial charge in [0.25, 0.3) is 0 Å². The molecule has 1 amide bonds. The predicted octanol–water partition coefficient (Wildman–Crippen LogP) is 2.69. The molecule has 4 heteroatoms. The Balaban J connectivity index is 2.31. The van der Waals surface area contributed by atoms with Crippen molar-refractivity contribution in [1.82, 2.24) is 0 Å². The van der Waals surface area contributed by atoms with Crippen molar-refractivity contribution in [1.29, 1.82) is 0 Å². The summed E-state index contributed by atoms with van der Waals surface area (Å²) in [4.78, 5) is 13.3. The van der Waals surface area contributed by atoms with Crippen LogP contribution in [0.5, 0.6) is 5.75 Å². The summed E-state index contributed by atoms with van der Waals surface area (Å²) in [5.74, 6) is 0.325. The maximum atomic E-state index is 11.7. The fourth-order valence-corrected chi connectivity index (χ4v) is 2.20. The van der Waals surface area contributed by atoms with Gasteiger partial charge in [-0.1, -0.05) is 22.0 Å². The van der Waals surface area contributed by atoms with Gasteiger partial charge in [-0.25, -0.2) is 0 Å². The third-order valence-corrected chi connectivity index (χ3v) is 3.21. The standard InChI is InChI=1S/C12H12BrNO2/c1-2-8-5-12(16)14(7-8)10-4-3-9(13)6-11(10)15/h2-4,6,8,15H,1,5,7H2. The number of hydrogen-bond donors (Lipinski definition) is 1. The van der Waals surface area contributed by atoms with Gasteiger partial charge in [-0.05, 0) is 18.2 Å². The SMILES string of the molecule is C=CC1CC(=O)N(c2ccc(Br)cc2O)C1. The van der Waals surface area contributed by atoms with Crippen LogP contribution in [0.1, 0.15) is 6.42 Å². The molecule has 84 valence electrons. The lowest BCUT2D eigenvalue weighted by atomic mass is 10.1. The number of nitrogens with zero attached hydrogens (tertiary/aromatic N) is 1. The summed E-state index contributed by atoms with van der Waals surface area (Å²) in [6.45, 7) is 4.29. The summed E-state index contributed by atoms with van der Waals surface area (Å²) < 4.78 is 0.792. The van der Waals surface area contributed by atoms with Crippen molar-refractivity contribution in [3.05, 3.63) is 35.3 Å². The van der Waals surface area contributed by atoms with Crippen LogP contribution in [0.15, 0.2) is 35.3 Å². The van der Waals surface area contributed by atoms with E-state index >= 15 is 0 Å². The van der Waals surface area contributed by atoms with Crippen molar-refractivity contribution in [2.24, 2.45) is 5.92 Å². The van der Waals surface area contributed by atoms with Gasteiger partial charge in [-0.3, -0.25) is 4.79 Å². The van der Waals surface area contributed by atoms with E-state index in [1.165, 1.54) is 0 Å². The zero-order valence-electron chi connectivity index (χ0n) is 8.69. The van der Waals surface area contributed by atoms with E-state index in [9.17, 15) is 9.90 Å². The molecule has 1 aliphatic heterocycles. The third-order valence-electron chi connectivity index (χ3n) is 2.72. The number of amides is 1. The Morgan fingerprint density at radius 1 is 1.56 bits per heavy atom. The lowest BCUT2D eigenvalue weighted by Gasteiger charge is -2.17. The largest absolute Gasteiger partial charge is 0.506 e. The van der Waals surface area contributed by atoms with Gasteiger partial charge in [-0.15, -0.1) is 6.58 Å². The molecule has 0 spiro atoms. The quantitative estimate of drug-likeness (QED) is 0.847. The first-order chi connectivity index (χ1) is 7.61. The summed E-state index contributed by atoms with van der Waals surface area (Å²) in [5, 5.41) is 9.78. The van der Waals surface area contributed by atoms with E-state index in [2.05, 4.69) is 22.5 Å². The molecule has 0 radical (unpaired) electrons. The van der Waals surface area contributed by atoms with Crippen LogP contribution in [-0.4, -0.2) is 17.6 Å². The van der Waals surface area contributed by atoms with E-state index in [1.807, 2.05) is 6.07 Å². The average molecular weight is 282 g/mol. The van der Waals surface area contributed by atoms with Crippen molar-refractivity contribution < 1.29 is 9.90 Å². The Morgan fingerprint density at radius 2 is 2.31 bits per heavy atom. The molecule has 0 aromatic heterocycles. The number of benzene rings is 1. The Bertz CT molecular complexity index is 445. The minimum absolute atomic E-state index is 0.0301. The fourth-order valence-electron chi connectivity index (χ4n) is 1.85. The normalized spacial score (nSPS) is 20.2. The minimum atomic E-state index is 0.0301. The van der Waals surface area contributed by atoms with Crippen LogP contribution >= 0.6 is 15.9 Å². The molecule has 1 unspecified atom stereocenters. The average Bonchev–Trinajstić information content (AvgIpc) is 2.60. The molecule has 1 heterocycles. The van der Waals surface area contributed by atoms with Crippen molar-refractivity contribution in [2.75, 3.05) is 11.4 Å². The second-order valence-corrected chi connectivity index (χ2v) is 4.75. The lowest BCUT2D eigenvalue weighted by Crippen LogP contribution is -2.24. The van der Waals surface area contributed by atoms with Crippen LogP contribution in [0.3, 0.4) is 0 Å². The lowest BCUT2D eigenvalue weighted by molar-refractivity contribution is -0.117. The van der Waals surface area contributed by atoms with Crippen molar-refractivity contribution in [3.8, 4) is 5.75 Å². The van der Waals surface area contributed by atoms with E-state index < -0.39 is 0 Å². The molecule has 1 N–H and O–H groups in total. The zero-order chi connectivity index (χ0) is 11.7. The number of anilines is 1. The number of hydrogen-bond acceptors (Lipinski definition) is 2. The Hall–Kier alpha value is -1.29. The van der Waals surface area contributed by atoms with Crippen LogP contribution in [-0.2, 0) is 4.79 Å². The summed E-state index contributed by atoms with van der Waals surface area (Å²) in [6.07, 6.45) is 2.26. The number of rotatable bonds is 2. The number of aromatic hydroxyl groups is 1. The van der Waals surface area contributed by atoms with Gasteiger partial charge in [0, 0.05) is 23.4 Å². The second-order valence-electron chi connectivity index (χ2n) is 3.84. The Morgan fingerprint density at radius 3 is 2.88 bits per heavy atom. The van der Waals surface area contributed by atoms with Crippen LogP contribution in [0.4, 0.5) is 5.69 Å². The van der Waals surface area contributed by atoms with Crippen LogP contribution in [0, 0.1) is 5.92 Å². The molecule has 2 rings (SSSR count). The smallest absolute Gasteiger partial charge is 0.227 e. The highest BCUT2D eigenvalue weighted by Gasteiger charge is 2.30. The van der Waals surface area contributed by atoms with E-state index in [4.69, 9.17) is 0 Å². The molecule has 1 aromatic rings. The van der Waals surface area contributed by atoms with Crippen molar-refractivity contribution >= 4 is 27.5 Å². The van der Waals surface area contributed by atoms with Gasteiger partial charge in [0.2, 0.25) is 5.91 Å². The molecule has 1 fully saturated rings. The molecular formula is C12H12BrNO2. The molecule has 0 saturated carbocycles. The molecule has 1 aliphatic rings. The third kappa shape index (κ3) is 1.97. The van der Waals surface area contributed by atoms with E-state index in [0.29, 0.717) is 18.7 Å². The molecule has 3 nitrogen and oxygen atoms in total. The Labute approximate surface area is 103 Å². The van der Waals surface area contributed by atoms with E-state index in [1.54, 1.807) is 23.1 Å². The molecule has 0 aliphatic carbocycles. The molecular weight excluding hydrogens is 270 g/mol. The number of carbonyl (C=O) groups excluding carboxylic acids is 1. The van der Waals surface area contributed by atoms with Gasteiger partial charge < -0.3 is 10.0 Å². The van der Waals surface area contributed by atoms with Gasteiger partial charge in [-0.2, -0.15) is 0 Å². The highest BCUT2D eigenvalue weighted by atomic mass is 79.9. The van der Waals surface area contributed by atoms with Gasteiger partial charge in [0.1, 0.15) is 5.75 Å². The first-order valence-corrected chi connectivity index (χ1v) is 5.82. The molecule has 1 aromatic carbocycles. The second kappa shape index (κ2) is 4.29. The molecule has 1 saturated heterocycles. The van der Waals surface area contributed by atoms with E-state index in [0.717, 1.165) is 4.47 Å². The Kier molecular flexibility index (Phi) is 3.01. The van der Waals surface area contributed by atoms with Crippen LogP contribution < -0.4 is 4.90 Å². The number of halogens is 1. The predicted molar refractivity (Wildman–Crippen MR) is 66.5 cm³/mol. The maximum Gasteiger partial charge on any atom is 0.227 e. The van der Waals surface area contributed by atoms with Crippen molar-refractivity contribution in [3.63, 3.8) is 0 Å². The van der Waals surface area contributed by atoms with E-state index in [-0.39, 0.29) is 17.6 Å². The highest BCUT2D eigenvalue weighted by molar-refractivity contribution is 9.10. The number of phenolic OH excluding ortho intramolecular Hbond substituents is 1. The molecule has 16 heavy (non-hydrogen) atoms. The fraction of sp³-hybridized carbons (Fsp3) is 0.250. The minimum Gasteiger partial charge on any atom is -0.506 e. The van der Waals surface area contributed by atoms with Crippen molar-refractivity contribution in [2.45, 2.75) is 6.42 Å². The molecule has 0 bridgehead atoms. The van der Waals surface area contributed by atoms with Gasteiger partial charge in [0.15, 0.2) is 0 Å². The topological polar surface area (TPSA) is 40.5 Å². The zero-order valence-corrected chi connectivity index (χ0v) is 10.3. The summed E-state index contributed by atoms with van der Waals surface area (Å²) >= 11 is 3.27. The summed E-state index contributed by atoms with van der Waals surface area (Å²) in [6, 6.07) is 5.14. The van der Waals surface area contributed by atoms with Crippen LogP contribution in [0.2, 0.25) is 0 Å². The number of carbonyl (C=O) groups is 1. The highest BCUT2D eigenvalue weighted by Crippen LogP contribution is 2.34. The molecule has 1 atom stereocenters. The summed E-state index contributed by atoms with van der Waals surface area (Å²) in [5.41, 5.74) is 0.567. The maximum absolute atomic E-state index is 11.7.